The summed E-state index contributed by atoms with van der Waals surface area (Å²) >= 11 is 0. The van der Waals surface area contributed by atoms with Crippen molar-refractivity contribution in [2.75, 3.05) is 11.9 Å². The molecule has 1 atom stereocenters. The number of esters is 1. The molecule has 126 valence electrons. The number of benzene rings is 1. The summed E-state index contributed by atoms with van der Waals surface area (Å²) in [6, 6.07) is 7.76. The average molecular weight is 326 g/mol. The van der Waals surface area contributed by atoms with E-state index in [9.17, 15) is 4.79 Å². The molecule has 1 aromatic heterocycles. The Morgan fingerprint density at radius 1 is 1.29 bits per heavy atom. The number of anilines is 1. The molecule has 24 heavy (non-hydrogen) atoms. The van der Waals surface area contributed by atoms with Crippen LogP contribution in [0.4, 0.5) is 5.95 Å². The summed E-state index contributed by atoms with van der Waals surface area (Å²) < 4.78 is 7.19. The molecule has 0 spiro atoms. The van der Waals surface area contributed by atoms with Crippen LogP contribution in [0.25, 0.3) is 0 Å². The summed E-state index contributed by atoms with van der Waals surface area (Å²) in [6.45, 7) is 6.40. The minimum atomic E-state index is -0.335. The number of aromatic nitrogens is 3. The second-order valence-corrected chi connectivity index (χ2v) is 5.99. The van der Waals surface area contributed by atoms with Crippen LogP contribution in [0.1, 0.15) is 43.9 Å². The summed E-state index contributed by atoms with van der Waals surface area (Å²) in [5.74, 6) is 0.323. The number of nitrogens with zero attached hydrogens (tertiary/aromatic N) is 3. The van der Waals surface area contributed by atoms with Crippen LogP contribution in [0.15, 0.2) is 41.9 Å². The molecule has 2 heterocycles. The normalized spacial score (nSPS) is 16.5. The molecule has 0 radical (unpaired) electrons. The number of carbonyl (C=O) groups excluding carboxylic acids is 1. The zero-order chi connectivity index (χ0) is 17.1. The van der Waals surface area contributed by atoms with E-state index in [4.69, 9.17) is 4.74 Å². The SMILES string of the molecule is CCCCOC(=O)C1=C(C)Nc2ncnn2[C@@H]1c1ccc(C)cc1. The molecule has 0 saturated heterocycles. The third-order valence-electron chi connectivity index (χ3n) is 4.14. The molecular weight excluding hydrogens is 304 g/mol. The molecular formula is C18H22N4O2. The first kappa shape index (κ1) is 16.2. The topological polar surface area (TPSA) is 69.0 Å². The number of allylic oxidation sites excluding steroid dienone is 1. The van der Waals surface area contributed by atoms with E-state index in [1.54, 1.807) is 4.68 Å². The molecule has 0 saturated carbocycles. The molecule has 3 rings (SSSR count). The van der Waals surface area contributed by atoms with Crippen molar-refractivity contribution in [3.05, 3.63) is 53.0 Å². The van der Waals surface area contributed by atoms with Gasteiger partial charge >= 0.3 is 5.97 Å². The Morgan fingerprint density at radius 2 is 2.04 bits per heavy atom. The van der Waals surface area contributed by atoms with Crippen LogP contribution in [0.5, 0.6) is 0 Å². The zero-order valence-corrected chi connectivity index (χ0v) is 14.2. The minimum absolute atomic E-state index is 0.305. The Labute approximate surface area is 141 Å². The number of rotatable bonds is 5. The summed E-state index contributed by atoms with van der Waals surface area (Å²) in [5, 5.41) is 7.44. The van der Waals surface area contributed by atoms with Gasteiger partial charge in [-0.05, 0) is 25.8 Å². The molecule has 2 aromatic rings. The maximum absolute atomic E-state index is 12.7. The quantitative estimate of drug-likeness (QED) is 0.675. The number of aryl methyl sites for hydroxylation is 1. The molecule has 0 bridgehead atoms. The van der Waals surface area contributed by atoms with E-state index in [1.807, 2.05) is 38.1 Å². The Kier molecular flexibility index (Phi) is 4.64. The third-order valence-corrected chi connectivity index (χ3v) is 4.14. The monoisotopic (exact) mass is 326 g/mol. The standard InChI is InChI=1S/C18H22N4O2/c1-4-5-10-24-17(23)15-13(3)21-18-19-11-20-22(18)16(15)14-8-6-12(2)7-9-14/h6-9,11,16H,4-5,10H2,1-3H3,(H,19,20,21)/t16-/m1/s1. The van der Waals surface area contributed by atoms with Gasteiger partial charge in [0.2, 0.25) is 5.95 Å². The molecule has 1 N–H and O–H groups in total. The number of hydrogen-bond acceptors (Lipinski definition) is 5. The third kappa shape index (κ3) is 3.04. The first-order valence-corrected chi connectivity index (χ1v) is 8.22. The van der Waals surface area contributed by atoms with Crippen LogP contribution in [0.2, 0.25) is 0 Å². The van der Waals surface area contributed by atoms with Crippen molar-refractivity contribution in [1.82, 2.24) is 14.8 Å². The van der Waals surface area contributed by atoms with Crippen molar-refractivity contribution in [2.24, 2.45) is 0 Å². The summed E-state index contributed by atoms with van der Waals surface area (Å²) in [4.78, 5) is 16.9. The van der Waals surface area contributed by atoms with Crippen LogP contribution in [-0.2, 0) is 9.53 Å². The molecule has 6 heteroatoms. The van der Waals surface area contributed by atoms with Gasteiger partial charge in [0, 0.05) is 5.70 Å². The van der Waals surface area contributed by atoms with Crippen LogP contribution in [0.3, 0.4) is 0 Å². The highest BCUT2D eigenvalue weighted by molar-refractivity contribution is 5.92. The summed E-state index contributed by atoms with van der Waals surface area (Å²) in [7, 11) is 0. The fraction of sp³-hybridized carbons (Fsp3) is 0.389. The second kappa shape index (κ2) is 6.86. The van der Waals surface area contributed by atoms with Crippen LogP contribution in [-0.4, -0.2) is 27.3 Å². The van der Waals surface area contributed by atoms with E-state index < -0.39 is 0 Å². The van der Waals surface area contributed by atoms with E-state index >= 15 is 0 Å². The number of hydrogen-bond donors (Lipinski definition) is 1. The second-order valence-electron chi connectivity index (χ2n) is 5.99. The lowest BCUT2D eigenvalue weighted by atomic mass is 9.95. The maximum Gasteiger partial charge on any atom is 0.338 e. The minimum Gasteiger partial charge on any atom is -0.462 e. The van der Waals surface area contributed by atoms with Crippen molar-refractivity contribution in [2.45, 2.75) is 39.7 Å². The Morgan fingerprint density at radius 3 is 2.75 bits per heavy atom. The molecule has 0 unspecified atom stereocenters. The number of unbranched alkanes of at least 4 members (excludes halogenated alkanes) is 1. The summed E-state index contributed by atoms with van der Waals surface area (Å²) in [6.07, 6.45) is 3.33. The Balaban J connectivity index is 2.00. The maximum atomic E-state index is 12.7. The van der Waals surface area contributed by atoms with Gasteiger partial charge in [-0.1, -0.05) is 43.2 Å². The van der Waals surface area contributed by atoms with Crippen molar-refractivity contribution in [3.63, 3.8) is 0 Å². The van der Waals surface area contributed by atoms with Crippen molar-refractivity contribution in [1.29, 1.82) is 0 Å². The molecule has 1 aromatic carbocycles. The largest absolute Gasteiger partial charge is 0.462 e. The molecule has 0 aliphatic carbocycles. The number of ether oxygens (including phenoxy) is 1. The van der Waals surface area contributed by atoms with E-state index in [2.05, 4.69) is 22.3 Å². The predicted molar refractivity (Wildman–Crippen MR) is 91.5 cm³/mol. The lowest BCUT2D eigenvalue weighted by Crippen LogP contribution is -2.29. The average Bonchev–Trinajstić information content (AvgIpc) is 3.02. The fourth-order valence-corrected chi connectivity index (χ4v) is 2.80. The highest BCUT2D eigenvalue weighted by atomic mass is 16.5. The number of carbonyl (C=O) groups is 1. The van der Waals surface area contributed by atoms with Crippen molar-refractivity contribution >= 4 is 11.9 Å². The van der Waals surface area contributed by atoms with Crippen LogP contribution in [0, 0.1) is 6.92 Å². The van der Waals surface area contributed by atoms with E-state index in [-0.39, 0.29) is 12.0 Å². The molecule has 0 amide bonds. The Bertz CT molecular complexity index is 762. The lowest BCUT2D eigenvalue weighted by molar-refractivity contribution is -0.139. The number of fused-ring (bicyclic) bond motifs is 1. The van der Waals surface area contributed by atoms with Crippen molar-refractivity contribution < 1.29 is 9.53 Å². The van der Waals surface area contributed by atoms with E-state index in [1.165, 1.54) is 11.9 Å². The van der Waals surface area contributed by atoms with Crippen LogP contribution < -0.4 is 5.32 Å². The van der Waals surface area contributed by atoms with Crippen LogP contribution >= 0.6 is 0 Å². The van der Waals surface area contributed by atoms with Gasteiger partial charge in [0.15, 0.2) is 0 Å². The highest BCUT2D eigenvalue weighted by Gasteiger charge is 2.34. The molecule has 1 aliphatic rings. The van der Waals surface area contributed by atoms with Gasteiger partial charge in [-0.3, -0.25) is 0 Å². The molecule has 6 nitrogen and oxygen atoms in total. The van der Waals surface area contributed by atoms with Gasteiger partial charge in [0.25, 0.3) is 0 Å². The van der Waals surface area contributed by atoms with Crippen molar-refractivity contribution in [3.8, 4) is 0 Å². The van der Waals surface area contributed by atoms with Gasteiger partial charge in [-0.15, -0.1) is 0 Å². The molecule has 1 aliphatic heterocycles. The fourth-order valence-electron chi connectivity index (χ4n) is 2.80. The van der Waals surface area contributed by atoms with Gasteiger partial charge in [-0.25, -0.2) is 9.48 Å². The van der Waals surface area contributed by atoms with E-state index in [0.717, 1.165) is 24.1 Å². The van der Waals surface area contributed by atoms with Gasteiger partial charge in [0.1, 0.15) is 12.4 Å². The molecule has 0 fully saturated rings. The van der Waals surface area contributed by atoms with Gasteiger partial charge < -0.3 is 10.1 Å². The van der Waals surface area contributed by atoms with E-state index in [0.29, 0.717) is 18.1 Å². The smallest absolute Gasteiger partial charge is 0.338 e. The lowest BCUT2D eigenvalue weighted by Gasteiger charge is -2.28. The number of nitrogens with one attached hydrogen (secondary N) is 1. The zero-order valence-electron chi connectivity index (χ0n) is 14.2. The van der Waals surface area contributed by atoms with Gasteiger partial charge in [0.05, 0.1) is 12.2 Å². The first-order valence-electron chi connectivity index (χ1n) is 8.22. The highest BCUT2D eigenvalue weighted by Crippen LogP contribution is 2.35. The van der Waals surface area contributed by atoms with Gasteiger partial charge in [-0.2, -0.15) is 10.1 Å². The Hall–Kier alpha value is -2.63. The predicted octanol–water partition coefficient (Wildman–Crippen LogP) is 3.22. The summed E-state index contributed by atoms with van der Waals surface area (Å²) in [5.41, 5.74) is 3.48. The first-order chi connectivity index (χ1) is 11.6.